The SMILES string of the molecule is COc1ccc(CNC(=O)Cn2nc(S(=O)(=O)c3cccc(C)c3)ccc2=O)cc1. The van der Waals surface area contributed by atoms with Crippen LogP contribution in [0.4, 0.5) is 0 Å². The summed E-state index contributed by atoms with van der Waals surface area (Å²) in [6.07, 6.45) is 0. The summed E-state index contributed by atoms with van der Waals surface area (Å²) in [6, 6.07) is 15.8. The number of hydrogen-bond donors (Lipinski definition) is 1. The lowest BCUT2D eigenvalue weighted by Crippen LogP contribution is -2.33. The van der Waals surface area contributed by atoms with Gasteiger partial charge in [-0.3, -0.25) is 9.59 Å². The van der Waals surface area contributed by atoms with Crippen LogP contribution in [-0.4, -0.2) is 31.2 Å². The third kappa shape index (κ3) is 4.93. The van der Waals surface area contributed by atoms with Gasteiger partial charge < -0.3 is 10.1 Å². The number of carbonyl (C=O) groups is 1. The normalized spacial score (nSPS) is 11.1. The molecule has 0 aliphatic rings. The average Bonchev–Trinajstić information content (AvgIpc) is 2.74. The van der Waals surface area contributed by atoms with Gasteiger partial charge in [0.25, 0.3) is 5.56 Å². The Morgan fingerprint density at radius 2 is 1.83 bits per heavy atom. The summed E-state index contributed by atoms with van der Waals surface area (Å²) in [4.78, 5) is 24.4. The Kier molecular flexibility index (Phi) is 6.31. The molecule has 9 heteroatoms. The second-order valence-corrected chi connectivity index (χ2v) is 8.51. The highest BCUT2D eigenvalue weighted by Gasteiger charge is 2.21. The molecule has 1 heterocycles. The van der Waals surface area contributed by atoms with E-state index in [4.69, 9.17) is 4.74 Å². The van der Waals surface area contributed by atoms with Gasteiger partial charge in [-0.05, 0) is 48.4 Å². The Labute approximate surface area is 174 Å². The molecule has 156 valence electrons. The molecule has 1 aromatic heterocycles. The molecule has 0 spiro atoms. The molecule has 3 rings (SSSR count). The molecule has 0 saturated heterocycles. The summed E-state index contributed by atoms with van der Waals surface area (Å²) >= 11 is 0. The third-order valence-corrected chi connectivity index (χ3v) is 6.00. The van der Waals surface area contributed by atoms with Crippen molar-refractivity contribution in [3.05, 3.63) is 82.1 Å². The molecular weight excluding hydrogens is 406 g/mol. The molecule has 1 N–H and O–H groups in total. The lowest BCUT2D eigenvalue weighted by Gasteiger charge is -2.09. The van der Waals surface area contributed by atoms with Gasteiger partial charge in [0.15, 0.2) is 5.03 Å². The summed E-state index contributed by atoms with van der Waals surface area (Å²) in [6.45, 7) is 1.63. The first-order chi connectivity index (χ1) is 14.3. The standard InChI is InChI=1S/C21H21N3O5S/c1-15-4-3-5-18(12-15)30(27,28)20-10-11-21(26)24(23-20)14-19(25)22-13-16-6-8-17(29-2)9-7-16/h3-12H,13-14H2,1-2H3,(H,22,25). The topological polar surface area (TPSA) is 107 Å². The third-order valence-electron chi connectivity index (χ3n) is 4.36. The minimum Gasteiger partial charge on any atom is -0.497 e. The van der Waals surface area contributed by atoms with Gasteiger partial charge >= 0.3 is 0 Å². The van der Waals surface area contributed by atoms with E-state index in [1.54, 1.807) is 50.4 Å². The number of sulfone groups is 1. The van der Waals surface area contributed by atoms with Crippen LogP contribution in [0.15, 0.2) is 75.4 Å². The van der Waals surface area contributed by atoms with E-state index >= 15 is 0 Å². The van der Waals surface area contributed by atoms with E-state index < -0.39 is 27.8 Å². The maximum absolute atomic E-state index is 12.8. The van der Waals surface area contributed by atoms with Crippen LogP contribution in [0.3, 0.4) is 0 Å². The van der Waals surface area contributed by atoms with Gasteiger partial charge in [-0.25, -0.2) is 13.1 Å². The highest BCUT2D eigenvalue weighted by atomic mass is 32.2. The molecule has 3 aromatic rings. The van der Waals surface area contributed by atoms with Crippen molar-refractivity contribution in [3.63, 3.8) is 0 Å². The Hall–Kier alpha value is -3.46. The molecule has 0 saturated carbocycles. The van der Waals surface area contributed by atoms with E-state index in [0.717, 1.165) is 27.9 Å². The van der Waals surface area contributed by atoms with Gasteiger partial charge in [0.1, 0.15) is 12.3 Å². The van der Waals surface area contributed by atoms with Crippen molar-refractivity contribution in [2.24, 2.45) is 0 Å². The molecule has 0 fully saturated rings. The molecule has 8 nitrogen and oxygen atoms in total. The molecule has 2 aromatic carbocycles. The van der Waals surface area contributed by atoms with Crippen molar-refractivity contribution in [2.45, 2.75) is 29.9 Å². The van der Waals surface area contributed by atoms with E-state index in [9.17, 15) is 18.0 Å². The molecule has 0 unspecified atom stereocenters. The van der Waals surface area contributed by atoms with Crippen molar-refractivity contribution in [1.29, 1.82) is 0 Å². The summed E-state index contributed by atoms with van der Waals surface area (Å²) in [7, 11) is -2.35. The van der Waals surface area contributed by atoms with Gasteiger partial charge in [-0.1, -0.05) is 24.3 Å². The fraction of sp³-hybridized carbons (Fsp3) is 0.190. The van der Waals surface area contributed by atoms with Crippen molar-refractivity contribution in [2.75, 3.05) is 7.11 Å². The summed E-state index contributed by atoms with van der Waals surface area (Å²) in [5.74, 6) is 0.234. The average molecular weight is 427 g/mol. The van der Waals surface area contributed by atoms with E-state index in [1.807, 2.05) is 0 Å². The number of aromatic nitrogens is 2. The zero-order valence-electron chi connectivity index (χ0n) is 16.5. The maximum atomic E-state index is 12.8. The number of ether oxygens (including phenoxy) is 1. The first-order valence-corrected chi connectivity index (χ1v) is 10.6. The molecule has 0 atom stereocenters. The Bertz CT molecular complexity index is 1220. The molecular formula is C21H21N3O5S. The minimum atomic E-state index is -3.91. The Morgan fingerprint density at radius 3 is 2.50 bits per heavy atom. The lowest BCUT2D eigenvalue weighted by molar-refractivity contribution is -0.122. The van der Waals surface area contributed by atoms with Gasteiger partial charge in [0.05, 0.1) is 12.0 Å². The number of nitrogens with zero attached hydrogens (tertiary/aromatic N) is 2. The van der Waals surface area contributed by atoms with E-state index in [1.165, 1.54) is 12.1 Å². The zero-order valence-corrected chi connectivity index (χ0v) is 17.3. The number of nitrogens with one attached hydrogen (secondary N) is 1. The van der Waals surface area contributed by atoms with Crippen LogP contribution >= 0.6 is 0 Å². The fourth-order valence-corrected chi connectivity index (χ4v) is 4.02. The van der Waals surface area contributed by atoms with E-state index in [-0.39, 0.29) is 16.5 Å². The predicted molar refractivity (Wildman–Crippen MR) is 110 cm³/mol. The smallest absolute Gasteiger partial charge is 0.267 e. The van der Waals surface area contributed by atoms with Gasteiger partial charge in [-0.15, -0.1) is 0 Å². The van der Waals surface area contributed by atoms with Crippen LogP contribution in [0.1, 0.15) is 11.1 Å². The summed E-state index contributed by atoms with van der Waals surface area (Å²) in [5.41, 5.74) is 1.06. The molecule has 0 bridgehead atoms. The van der Waals surface area contributed by atoms with Crippen molar-refractivity contribution in [3.8, 4) is 5.75 Å². The van der Waals surface area contributed by atoms with Crippen LogP contribution in [-0.2, 0) is 27.7 Å². The monoisotopic (exact) mass is 427 g/mol. The Morgan fingerprint density at radius 1 is 1.10 bits per heavy atom. The van der Waals surface area contributed by atoms with Gasteiger partial charge in [0, 0.05) is 12.6 Å². The van der Waals surface area contributed by atoms with Crippen molar-refractivity contribution in [1.82, 2.24) is 15.1 Å². The minimum absolute atomic E-state index is 0.0733. The number of aryl methyl sites for hydroxylation is 1. The largest absolute Gasteiger partial charge is 0.497 e. The highest BCUT2D eigenvalue weighted by molar-refractivity contribution is 7.91. The van der Waals surface area contributed by atoms with Gasteiger partial charge in [0.2, 0.25) is 15.7 Å². The maximum Gasteiger partial charge on any atom is 0.267 e. The fourth-order valence-electron chi connectivity index (χ4n) is 2.73. The van der Waals surface area contributed by atoms with E-state index in [0.29, 0.717) is 5.75 Å². The molecule has 0 radical (unpaired) electrons. The number of rotatable bonds is 7. The highest BCUT2D eigenvalue weighted by Crippen LogP contribution is 2.19. The van der Waals surface area contributed by atoms with Crippen LogP contribution in [0.25, 0.3) is 0 Å². The quantitative estimate of drug-likeness (QED) is 0.615. The first kappa shape index (κ1) is 21.3. The number of methoxy groups -OCH3 is 1. The molecule has 30 heavy (non-hydrogen) atoms. The Balaban J connectivity index is 1.74. The number of amides is 1. The number of carbonyl (C=O) groups excluding carboxylic acids is 1. The predicted octanol–water partition coefficient (Wildman–Crippen LogP) is 1.71. The van der Waals surface area contributed by atoms with Crippen LogP contribution in [0.5, 0.6) is 5.75 Å². The van der Waals surface area contributed by atoms with Crippen LogP contribution in [0, 0.1) is 6.92 Å². The number of hydrogen-bond acceptors (Lipinski definition) is 6. The van der Waals surface area contributed by atoms with Crippen molar-refractivity contribution >= 4 is 15.7 Å². The van der Waals surface area contributed by atoms with E-state index in [2.05, 4.69) is 10.4 Å². The van der Waals surface area contributed by atoms with Crippen molar-refractivity contribution < 1.29 is 17.9 Å². The molecule has 0 aliphatic heterocycles. The molecule has 0 aliphatic carbocycles. The molecule has 1 amide bonds. The lowest BCUT2D eigenvalue weighted by atomic mass is 10.2. The number of benzene rings is 2. The van der Waals surface area contributed by atoms with Crippen LogP contribution in [0.2, 0.25) is 0 Å². The van der Waals surface area contributed by atoms with Crippen LogP contribution < -0.4 is 15.6 Å². The van der Waals surface area contributed by atoms with Gasteiger partial charge in [-0.2, -0.15) is 5.10 Å². The summed E-state index contributed by atoms with van der Waals surface area (Å²) in [5, 5.41) is 6.29. The zero-order chi connectivity index (χ0) is 21.7. The second-order valence-electron chi connectivity index (χ2n) is 6.61. The summed E-state index contributed by atoms with van der Waals surface area (Å²) < 4.78 is 31.5. The second kappa shape index (κ2) is 8.91. The first-order valence-electron chi connectivity index (χ1n) is 9.09.